The molecule has 2 atom stereocenters. The normalized spacial score (nSPS) is 18.9. The van der Waals surface area contributed by atoms with E-state index in [2.05, 4.69) is 10.0 Å². The van der Waals surface area contributed by atoms with Gasteiger partial charge in [0.25, 0.3) is 0 Å². The van der Waals surface area contributed by atoms with E-state index in [9.17, 15) is 22.8 Å². The zero-order valence-corrected chi connectivity index (χ0v) is 21.4. The number of hydrogen-bond acceptors (Lipinski definition) is 7. The summed E-state index contributed by atoms with van der Waals surface area (Å²) in [6.45, 7) is 3.64. The van der Waals surface area contributed by atoms with E-state index in [1.165, 1.54) is 4.90 Å². The van der Waals surface area contributed by atoms with E-state index in [1.807, 2.05) is 0 Å². The van der Waals surface area contributed by atoms with Crippen LogP contribution in [0.3, 0.4) is 0 Å². The van der Waals surface area contributed by atoms with Gasteiger partial charge in [-0.3, -0.25) is 19.8 Å². The van der Waals surface area contributed by atoms with Crippen molar-refractivity contribution in [1.29, 1.82) is 5.41 Å². The van der Waals surface area contributed by atoms with Crippen molar-refractivity contribution in [3.05, 3.63) is 0 Å². The van der Waals surface area contributed by atoms with Crippen LogP contribution in [-0.4, -0.2) is 93.1 Å². The summed E-state index contributed by atoms with van der Waals surface area (Å²) in [7, 11) is -3.76. The summed E-state index contributed by atoms with van der Waals surface area (Å²) in [6.07, 6.45) is 3.84. The van der Waals surface area contributed by atoms with Gasteiger partial charge >= 0.3 is 5.97 Å². The Morgan fingerprint density at radius 3 is 2.50 bits per heavy atom. The first-order valence-electron chi connectivity index (χ1n) is 11.3. The molecule has 2 amide bonds. The van der Waals surface area contributed by atoms with Gasteiger partial charge in [0.05, 0.1) is 25.7 Å². The SMILES string of the molecule is CCOC(=O)CCN(C(=O)[C@H](CC(=O)NC[C@@H]1CCCN(C(=N)N)C1)NS(C)(=O)=O)C1CC1.Cl. The summed E-state index contributed by atoms with van der Waals surface area (Å²) < 4.78 is 30.9. The van der Waals surface area contributed by atoms with Crippen molar-refractivity contribution in [1.82, 2.24) is 19.8 Å². The largest absolute Gasteiger partial charge is 0.466 e. The Kier molecular flexibility index (Phi) is 12.0. The summed E-state index contributed by atoms with van der Waals surface area (Å²) in [5.74, 6) is -1.31. The molecule has 0 aromatic rings. The molecule has 5 N–H and O–H groups in total. The summed E-state index contributed by atoms with van der Waals surface area (Å²) in [5.41, 5.74) is 5.55. The maximum absolute atomic E-state index is 13.2. The zero-order valence-electron chi connectivity index (χ0n) is 19.7. The van der Waals surface area contributed by atoms with Crippen molar-refractivity contribution < 1.29 is 27.5 Å². The average molecular weight is 525 g/mol. The highest BCUT2D eigenvalue weighted by Crippen LogP contribution is 2.28. The van der Waals surface area contributed by atoms with Crippen molar-refractivity contribution in [3.8, 4) is 0 Å². The molecular weight excluding hydrogens is 488 g/mol. The minimum atomic E-state index is -3.76. The molecule has 2 aliphatic rings. The van der Waals surface area contributed by atoms with E-state index in [4.69, 9.17) is 15.9 Å². The van der Waals surface area contributed by atoms with Gasteiger partial charge in [-0.15, -0.1) is 12.4 Å². The van der Waals surface area contributed by atoms with E-state index in [1.54, 1.807) is 11.8 Å². The number of ether oxygens (including phenoxy) is 1. The number of nitrogens with one attached hydrogen (secondary N) is 3. The van der Waals surface area contributed by atoms with Gasteiger partial charge in [0.15, 0.2) is 5.96 Å². The van der Waals surface area contributed by atoms with Crippen molar-refractivity contribution >= 4 is 46.2 Å². The molecule has 2 fully saturated rings. The van der Waals surface area contributed by atoms with E-state index in [0.717, 1.165) is 31.9 Å². The minimum Gasteiger partial charge on any atom is -0.466 e. The number of hydrogen-bond donors (Lipinski definition) is 4. The molecule has 1 saturated carbocycles. The molecule has 0 radical (unpaired) electrons. The third-order valence-corrected chi connectivity index (χ3v) is 6.34. The van der Waals surface area contributed by atoms with Gasteiger partial charge in [-0.1, -0.05) is 0 Å². The van der Waals surface area contributed by atoms with E-state index in [0.29, 0.717) is 19.6 Å². The van der Waals surface area contributed by atoms with Crippen LogP contribution in [0.1, 0.15) is 45.4 Å². The average Bonchev–Trinajstić information content (AvgIpc) is 3.56. The fourth-order valence-electron chi connectivity index (χ4n) is 3.91. The number of likely N-dealkylation sites (tertiary alicyclic amines) is 1. The summed E-state index contributed by atoms with van der Waals surface area (Å²) in [6, 6.07) is -1.33. The molecule has 0 aromatic heterocycles. The summed E-state index contributed by atoms with van der Waals surface area (Å²) in [5, 5.41) is 10.3. The Balaban J connectivity index is 0.00000578. The number of carbonyl (C=O) groups excluding carboxylic acids is 3. The number of rotatable bonds is 12. The number of sulfonamides is 1. The number of halogens is 1. The first kappa shape index (κ1) is 29.9. The Morgan fingerprint density at radius 2 is 1.94 bits per heavy atom. The number of nitrogens with zero attached hydrogens (tertiary/aromatic N) is 2. The number of amides is 2. The van der Waals surface area contributed by atoms with Gasteiger partial charge in [-0.2, -0.15) is 0 Å². The maximum atomic E-state index is 13.2. The highest BCUT2D eigenvalue weighted by molar-refractivity contribution is 7.88. The molecular formula is C20H37ClN6O6S. The Labute approximate surface area is 207 Å². The first-order valence-corrected chi connectivity index (χ1v) is 13.2. The van der Waals surface area contributed by atoms with Crippen molar-refractivity contribution in [2.75, 3.05) is 39.0 Å². The van der Waals surface area contributed by atoms with Gasteiger partial charge < -0.3 is 25.6 Å². The molecule has 0 bridgehead atoms. The molecule has 1 aliphatic carbocycles. The predicted octanol–water partition coefficient (Wildman–Crippen LogP) is -0.618. The van der Waals surface area contributed by atoms with Crippen LogP contribution in [0.2, 0.25) is 0 Å². The Hall–Kier alpha value is -2.12. The highest BCUT2D eigenvalue weighted by Gasteiger charge is 2.37. The van der Waals surface area contributed by atoms with Gasteiger partial charge in [0.2, 0.25) is 21.8 Å². The maximum Gasteiger partial charge on any atom is 0.307 e. The summed E-state index contributed by atoms with van der Waals surface area (Å²) in [4.78, 5) is 40.7. The fraction of sp³-hybridized carbons (Fsp3) is 0.800. The summed E-state index contributed by atoms with van der Waals surface area (Å²) >= 11 is 0. The molecule has 1 aliphatic heterocycles. The van der Waals surface area contributed by atoms with Gasteiger partial charge in [-0.25, -0.2) is 13.1 Å². The number of esters is 1. The second-order valence-electron chi connectivity index (χ2n) is 8.61. The lowest BCUT2D eigenvalue weighted by Crippen LogP contribution is -2.52. The van der Waals surface area contributed by atoms with Crippen LogP contribution >= 0.6 is 12.4 Å². The Morgan fingerprint density at radius 1 is 1.26 bits per heavy atom. The van der Waals surface area contributed by atoms with E-state index >= 15 is 0 Å². The molecule has 0 aromatic carbocycles. The molecule has 0 spiro atoms. The number of guanidine groups is 1. The topological polar surface area (TPSA) is 175 Å². The molecule has 2 rings (SSSR count). The third kappa shape index (κ3) is 10.4. The van der Waals surface area contributed by atoms with Crippen molar-refractivity contribution in [3.63, 3.8) is 0 Å². The number of carbonyl (C=O) groups is 3. The van der Waals surface area contributed by atoms with Gasteiger partial charge in [-0.05, 0) is 38.5 Å². The smallest absolute Gasteiger partial charge is 0.307 e. The van der Waals surface area contributed by atoms with Crippen molar-refractivity contribution in [2.24, 2.45) is 11.7 Å². The molecule has 14 heteroatoms. The number of piperidine rings is 1. The molecule has 1 saturated heterocycles. The van der Waals surface area contributed by atoms with Crippen LogP contribution in [0.5, 0.6) is 0 Å². The van der Waals surface area contributed by atoms with Crippen LogP contribution in [0.4, 0.5) is 0 Å². The molecule has 0 unspecified atom stereocenters. The second-order valence-corrected chi connectivity index (χ2v) is 10.4. The van der Waals surface area contributed by atoms with Crippen LogP contribution in [0, 0.1) is 11.3 Å². The zero-order chi connectivity index (χ0) is 24.6. The van der Waals surface area contributed by atoms with Gasteiger partial charge in [0, 0.05) is 32.2 Å². The predicted molar refractivity (Wildman–Crippen MR) is 129 cm³/mol. The van der Waals surface area contributed by atoms with Crippen LogP contribution < -0.4 is 15.8 Å². The molecule has 34 heavy (non-hydrogen) atoms. The van der Waals surface area contributed by atoms with E-state index in [-0.39, 0.29) is 56.3 Å². The molecule has 1 heterocycles. The van der Waals surface area contributed by atoms with Crippen LogP contribution in [0.25, 0.3) is 0 Å². The number of nitrogens with two attached hydrogens (primary N) is 1. The standard InChI is InChI=1S/C20H36N6O6S.ClH/c1-3-32-18(28)8-10-26(15-6-7-15)19(29)16(24-33(2,30)31)11-17(27)23-12-14-5-4-9-25(13-14)20(21)22;/h14-16,24H,3-13H2,1-2H3,(H3,21,22)(H,23,27);1H/t14-,16-;/m0./s1. The third-order valence-electron chi connectivity index (χ3n) is 5.62. The van der Waals surface area contributed by atoms with E-state index < -0.39 is 33.8 Å². The Bertz CT molecular complexity index is 837. The monoisotopic (exact) mass is 524 g/mol. The minimum absolute atomic E-state index is 0. The lowest BCUT2D eigenvalue weighted by molar-refractivity contribution is -0.144. The quantitative estimate of drug-likeness (QED) is 0.148. The second kappa shape index (κ2) is 13.7. The van der Waals surface area contributed by atoms with Crippen LogP contribution in [0.15, 0.2) is 0 Å². The molecule has 12 nitrogen and oxygen atoms in total. The fourth-order valence-corrected chi connectivity index (χ4v) is 4.61. The van der Waals surface area contributed by atoms with Crippen LogP contribution in [-0.2, 0) is 29.1 Å². The highest BCUT2D eigenvalue weighted by atomic mass is 35.5. The molecule has 196 valence electrons. The lowest BCUT2D eigenvalue weighted by Gasteiger charge is -2.33. The first-order chi connectivity index (χ1) is 15.5. The lowest BCUT2D eigenvalue weighted by atomic mass is 9.98. The van der Waals surface area contributed by atoms with Gasteiger partial charge in [0.1, 0.15) is 6.04 Å². The van der Waals surface area contributed by atoms with Crippen molar-refractivity contribution in [2.45, 2.75) is 57.5 Å².